The molecule has 3 amide bonds. The number of nitrogens with zero attached hydrogens (tertiary/aromatic N) is 1. The Kier molecular flexibility index (Phi) is 4.57. The third kappa shape index (κ3) is 3.48. The van der Waals surface area contributed by atoms with Crippen LogP contribution in [0.15, 0.2) is 24.3 Å². The number of aliphatic hydroxyl groups is 1. The normalized spacial score (nSPS) is 18.2. The van der Waals surface area contributed by atoms with Crippen LogP contribution in [0.5, 0.6) is 0 Å². The third-order valence-corrected chi connectivity index (χ3v) is 3.20. The Bertz CT molecular complexity index is 487. The summed E-state index contributed by atoms with van der Waals surface area (Å²) in [6, 6.07) is 7.16. The molecule has 2 rings (SSSR count). The highest BCUT2D eigenvalue weighted by Gasteiger charge is 2.31. The second kappa shape index (κ2) is 6.38. The highest BCUT2D eigenvalue weighted by atomic mass is 16.3. The molecule has 0 bridgehead atoms. The number of nitrogens with one attached hydrogen (secondary N) is 2. The minimum atomic E-state index is -0.359. The van der Waals surface area contributed by atoms with Crippen LogP contribution in [0.1, 0.15) is 12.0 Å². The molecule has 1 fully saturated rings. The third-order valence-electron chi connectivity index (χ3n) is 3.20. The highest BCUT2D eigenvalue weighted by molar-refractivity contribution is 5.96. The molecule has 1 saturated heterocycles. The Morgan fingerprint density at radius 1 is 1.40 bits per heavy atom. The molecular formula is C14H19N3O3. The highest BCUT2D eigenvalue weighted by Crippen LogP contribution is 2.21. The molecule has 1 aliphatic heterocycles. The SMILES string of the molecule is Cc1ccc(N2C[C@H](NC(=O)NCCO)CC2=O)cc1. The first-order valence-corrected chi connectivity index (χ1v) is 6.62. The van der Waals surface area contributed by atoms with Gasteiger partial charge in [-0.05, 0) is 19.1 Å². The molecule has 1 aromatic rings. The van der Waals surface area contributed by atoms with Gasteiger partial charge in [-0.3, -0.25) is 4.79 Å². The van der Waals surface area contributed by atoms with E-state index in [0.29, 0.717) is 13.0 Å². The maximum atomic E-state index is 12.0. The van der Waals surface area contributed by atoms with Crippen LogP contribution in [0.2, 0.25) is 0 Å². The van der Waals surface area contributed by atoms with Crippen LogP contribution in [0.3, 0.4) is 0 Å². The minimum absolute atomic E-state index is 0.00121. The average molecular weight is 277 g/mol. The Morgan fingerprint density at radius 2 is 2.10 bits per heavy atom. The monoisotopic (exact) mass is 277 g/mol. The number of carbonyl (C=O) groups is 2. The van der Waals surface area contributed by atoms with Crippen molar-refractivity contribution in [1.82, 2.24) is 10.6 Å². The first-order chi connectivity index (χ1) is 9.60. The van der Waals surface area contributed by atoms with Crippen molar-refractivity contribution in [2.45, 2.75) is 19.4 Å². The van der Waals surface area contributed by atoms with Gasteiger partial charge >= 0.3 is 6.03 Å². The van der Waals surface area contributed by atoms with Gasteiger partial charge in [0.25, 0.3) is 0 Å². The standard InChI is InChI=1S/C14H19N3O3/c1-10-2-4-12(5-3-10)17-9-11(8-13(17)19)16-14(20)15-6-7-18/h2-5,11,18H,6-9H2,1H3,(H2,15,16,20)/t11-/m1/s1. The Labute approximate surface area is 117 Å². The van der Waals surface area contributed by atoms with Gasteiger partial charge in [-0.1, -0.05) is 17.7 Å². The van der Waals surface area contributed by atoms with Gasteiger partial charge in [0, 0.05) is 25.2 Å². The van der Waals surface area contributed by atoms with Crippen LogP contribution in [-0.4, -0.2) is 42.8 Å². The number of rotatable bonds is 4. The van der Waals surface area contributed by atoms with E-state index in [2.05, 4.69) is 10.6 Å². The number of benzene rings is 1. The number of carbonyl (C=O) groups excluding carboxylic acids is 2. The Hall–Kier alpha value is -2.08. The van der Waals surface area contributed by atoms with Crippen molar-refractivity contribution >= 4 is 17.6 Å². The summed E-state index contributed by atoms with van der Waals surface area (Å²) < 4.78 is 0. The van der Waals surface area contributed by atoms with Crippen molar-refractivity contribution in [3.05, 3.63) is 29.8 Å². The minimum Gasteiger partial charge on any atom is -0.395 e. The van der Waals surface area contributed by atoms with Crippen LogP contribution >= 0.6 is 0 Å². The van der Waals surface area contributed by atoms with Gasteiger partial charge in [0.2, 0.25) is 5.91 Å². The fourth-order valence-corrected chi connectivity index (χ4v) is 2.18. The van der Waals surface area contributed by atoms with Gasteiger partial charge in [-0.25, -0.2) is 4.79 Å². The lowest BCUT2D eigenvalue weighted by atomic mass is 10.2. The fraction of sp³-hybridized carbons (Fsp3) is 0.429. The molecule has 6 nitrogen and oxygen atoms in total. The fourth-order valence-electron chi connectivity index (χ4n) is 2.18. The van der Waals surface area contributed by atoms with E-state index < -0.39 is 0 Å². The molecule has 3 N–H and O–H groups in total. The van der Waals surface area contributed by atoms with E-state index in [-0.39, 0.29) is 31.1 Å². The van der Waals surface area contributed by atoms with E-state index in [9.17, 15) is 9.59 Å². The van der Waals surface area contributed by atoms with E-state index in [1.165, 1.54) is 0 Å². The van der Waals surface area contributed by atoms with E-state index in [1.54, 1.807) is 4.90 Å². The lowest BCUT2D eigenvalue weighted by Crippen LogP contribution is -2.44. The summed E-state index contributed by atoms with van der Waals surface area (Å²) in [5.74, 6) is 0.00121. The molecule has 1 atom stereocenters. The van der Waals surface area contributed by atoms with Crippen LogP contribution in [-0.2, 0) is 4.79 Å². The Balaban J connectivity index is 1.93. The number of hydrogen-bond acceptors (Lipinski definition) is 3. The summed E-state index contributed by atoms with van der Waals surface area (Å²) in [4.78, 5) is 25.1. The smallest absolute Gasteiger partial charge is 0.315 e. The molecule has 6 heteroatoms. The summed E-state index contributed by atoms with van der Waals surface area (Å²) in [6.45, 7) is 2.56. The molecule has 108 valence electrons. The van der Waals surface area contributed by atoms with Gasteiger partial charge in [0.05, 0.1) is 12.6 Å². The molecule has 0 spiro atoms. The van der Waals surface area contributed by atoms with Gasteiger partial charge in [0.1, 0.15) is 0 Å². The maximum absolute atomic E-state index is 12.0. The lowest BCUT2D eigenvalue weighted by Gasteiger charge is -2.17. The van der Waals surface area contributed by atoms with Crippen LogP contribution in [0.25, 0.3) is 0 Å². The second-order valence-corrected chi connectivity index (χ2v) is 4.86. The predicted molar refractivity (Wildman–Crippen MR) is 75.6 cm³/mol. The topological polar surface area (TPSA) is 81.7 Å². The number of aliphatic hydroxyl groups excluding tert-OH is 1. The van der Waals surface area contributed by atoms with Crippen molar-refractivity contribution in [3.8, 4) is 0 Å². The molecular weight excluding hydrogens is 258 g/mol. The lowest BCUT2D eigenvalue weighted by molar-refractivity contribution is -0.117. The maximum Gasteiger partial charge on any atom is 0.315 e. The number of anilines is 1. The summed E-state index contributed by atoms with van der Waals surface area (Å²) in [5, 5.41) is 13.9. The van der Waals surface area contributed by atoms with Crippen molar-refractivity contribution < 1.29 is 14.7 Å². The average Bonchev–Trinajstić information content (AvgIpc) is 2.78. The van der Waals surface area contributed by atoms with E-state index in [4.69, 9.17) is 5.11 Å². The number of urea groups is 1. The summed E-state index contributed by atoms with van der Waals surface area (Å²) in [7, 11) is 0. The zero-order valence-corrected chi connectivity index (χ0v) is 11.4. The summed E-state index contributed by atoms with van der Waals surface area (Å²) in [6.07, 6.45) is 0.292. The molecule has 1 heterocycles. The van der Waals surface area contributed by atoms with Gasteiger partial charge in [-0.2, -0.15) is 0 Å². The first-order valence-electron chi connectivity index (χ1n) is 6.62. The van der Waals surface area contributed by atoms with Gasteiger partial charge < -0.3 is 20.6 Å². The Morgan fingerprint density at radius 3 is 2.75 bits per heavy atom. The zero-order chi connectivity index (χ0) is 14.5. The van der Waals surface area contributed by atoms with Gasteiger partial charge in [0.15, 0.2) is 0 Å². The number of aryl methyl sites for hydroxylation is 1. The van der Waals surface area contributed by atoms with Crippen LogP contribution in [0.4, 0.5) is 10.5 Å². The van der Waals surface area contributed by atoms with Crippen LogP contribution < -0.4 is 15.5 Å². The van der Waals surface area contributed by atoms with E-state index in [0.717, 1.165) is 11.3 Å². The first kappa shape index (κ1) is 14.3. The second-order valence-electron chi connectivity index (χ2n) is 4.86. The van der Waals surface area contributed by atoms with Crippen molar-refractivity contribution in [2.24, 2.45) is 0 Å². The summed E-state index contributed by atoms with van der Waals surface area (Å²) >= 11 is 0. The quantitative estimate of drug-likeness (QED) is 0.744. The molecule has 1 aliphatic rings. The van der Waals surface area contributed by atoms with Crippen molar-refractivity contribution in [2.75, 3.05) is 24.6 Å². The molecule has 0 aliphatic carbocycles. The zero-order valence-electron chi connectivity index (χ0n) is 11.4. The molecule has 0 radical (unpaired) electrons. The van der Waals surface area contributed by atoms with Crippen molar-refractivity contribution in [1.29, 1.82) is 0 Å². The van der Waals surface area contributed by atoms with E-state index >= 15 is 0 Å². The summed E-state index contributed by atoms with van der Waals surface area (Å²) in [5.41, 5.74) is 1.99. The van der Waals surface area contributed by atoms with Crippen molar-refractivity contribution in [3.63, 3.8) is 0 Å². The largest absolute Gasteiger partial charge is 0.395 e. The van der Waals surface area contributed by atoms with Crippen LogP contribution in [0, 0.1) is 6.92 Å². The molecule has 0 saturated carbocycles. The predicted octanol–water partition coefficient (Wildman–Crippen LogP) is 0.392. The van der Waals surface area contributed by atoms with E-state index in [1.807, 2.05) is 31.2 Å². The molecule has 20 heavy (non-hydrogen) atoms. The number of amides is 3. The molecule has 0 unspecified atom stereocenters. The van der Waals surface area contributed by atoms with Gasteiger partial charge in [-0.15, -0.1) is 0 Å². The molecule has 0 aromatic heterocycles. The number of hydrogen-bond donors (Lipinski definition) is 3. The molecule has 1 aromatic carbocycles.